The molecule has 3 aromatic carbocycles. The maximum absolute atomic E-state index is 13.2. The first-order valence-electron chi connectivity index (χ1n) is 9.71. The lowest BCUT2D eigenvalue weighted by Crippen LogP contribution is -2.30. The molecular formula is C25H20N2O3S. The number of ketones is 1. The van der Waals surface area contributed by atoms with Crippen molar-refractivity contribution in [2.24, 2.45) is 4.99 Å². The lowest BCUT2D eigenvalue weighted by atomic mass is 10.2. The van der Waals surface area contributed by atoms with E-state index in [1.54, 1.807) is 30.2 Å². The molecule has 1 aliphatic heterocycles. The number of hydrogen-bond acceptors (Lipinski definition) is 5. The molecule has 0 aromatic heterocycles. The quantitative estimate of drug-likeness (QED) is 0.407. The smallest absolute Gasteiger partial charge is 0.283 e. The summed E-state index contributed by atoms with van der Waals surface area (Å²) in [7, 11) is 1.61. The van der Waals surface area contributed by atoms with Crippen molar-refractivity contribution in [3.8, 4) is 5.75 Å². The lowest BCUT2D eigenvalue weighted by molar-refractivity contribution is -0.113. The van der Waals surface area contributed by atoms with Gasteiger partial charge in [-0.2, -0.15) is 0 Å². The molecule has 0 spiro atoms. The van der Waals surface area contributed by atoms with Crippen molar-refractivity contribution in [3.05, 3.63) is 102 Å². The summed E-state index contributed by atoms with van der Waals surface area (Å²) in [6.45, 7) is 0. The molecule has 31 heavy (non-hydrogen) atoms. The molecule has 5 nitrogen and oxygen atoms in total. The highest BCUT2D eigenvalue weighted by molar-refractivity contribution is 8.14. The highest BCUT2D eigenvalue weighted by Gasteiger charge is 2.32. The van der Waals surface area contributed by atoms with Crippen LogP contribution < -0.4 is 9.64 Å². The maximum Gasteiger partial charge on any atom is 0.283 e. The number of benzene rings is 3. The summed E-state index contributed by atoms with van der Waals surface area (Å²) >= 11 is 1.26. The summed E-state index contributed by atoms with van der Waals surface area (Å²) in [5.74, 6) is 0.693. The largest absolute Gasteiger partial charge is 0.497 e. The molecule has 154 valence electrons. The van der Waals surface area contributed by atoms with Crippen LogP contribution in [0.1, 0.15) is 15.9 Å². The Morgan fingerprint density at radius 1 is 0.968 bits per heavy atom. The topological polar surface area (TPSA) is 59.0 Å². The molecule has 1 amide bonds. The number of anilines is 1. The molecule has 0 bridgehead atoms. The van der Waals surface area contributed by atoms with E-state index in [0.29, 0.717) is 22.1 Å². The van der Waals surface area contributed by atoms with E-state index >= 15 is 0 Å². The first-order valence-corrected chi connectivity index (χ1v) is 10.7. The molecule has 1 aliphatic rings. The van der Waals surface area contributed by atoms with Gasteiger partial charge in [-0.15, -0.1) is 0 Å². The first-order chi connectivity index (χ1) is 15.2. The number of hydrogen-bond donors (Lipinski definition) is 0. The third kappa shape index (κ3) is 4.75. The van der Waals surface area contributed by atoms with Gasteiger partial charge >= 0.3 is 0 Å². The molecule has 0 radical (unpaired) electrons. The number of amidine groups is 1. The van der Waals surface area contributed by atoms with E-state index in [1.165, 1.54) is 11.8 Å². The molecule has 0 saturated carbocycles. The number of nitrogens with zero attached hydrogens (tertiary/aromatic N) is 2. The summed E-state index contributed by atoms with van der Waals surface area (Å²) in [5, 5.41) is 0.486. The molecule has 0 N–H and O–H groups in total. The summed E-state index contributed by atoms with van der Waals surface area (Å²) in [6, 6.07) is 25.8. The van der Waals surface area contributed by atoms with Gasteiger partial charge in [0.15, 0.2) is 11.0 Å². The Hall–Kier alpha value is -3.64. The summed E-state index contributed by atoms with van der Waals surface area (Å²) in [5.41, 5.74) is 2.51. The summed E-state index contributed by atoms with van der Waals surface area (Å²) in [4.78, 5) is 31.8. The number of carbonyl (C=O) groups excluding carboxylic acids is 2. The van der Waals surface area contributed by atoms with Gasteiger partial charge in [0.05, 0.1) is 18.6 Å². The second-order valence-electron chi connectivity index (χ2n) is 6.75. The van der Waals surface area contributed by atoms with Crippen LogP contribution in [0, 0.1) is 0 Å². The number of aliphatic imine (C=N–C) groups is 1. The predicted octanol–water partition coefficient (Wildman–Crippen LogP) is 5.06. The Balaban J connectivity index is 1.61. The van der Waals surface area contributed by atoms with Crippen molar-refractivity contribution >= 4 is 40.4 Å². The van der Waals surface area contributed by atoms with Crippen LogP contribution in [-0.2, 0) is 4.79 Å². The number of ether oxygens (including phenoxy) is 1. The van der Waals surface area contributed by atoms with E-state index in [4.69, 9.17) is 4.74 Å². The fourth-order valence-electron chi connectivity index (χ4n) is 3.09. The minimum absolute atomic E-state index is 0.0126. The van der Waals surface area contributed by atoms with Gasteiger partial charge in [0.2, 0.25) is 0 Å². The van der Waals surface area contributed by atoms with Crippen LogP contribution in [0.2, 0.25) is 0 Å². The van der Waals surface area contributed by atoms with Crippen molar-refractivity contribution in [1.29, 1.82) is 0 Å². The van der Waals surface area contributed by atoms with E-state index < -0.39 is 0 Å². The van der Waals surface area contributed by atoms with Crippen molar-refractivity contribution in [2.75, 3.05) is 17.8 Å². The zero-order valence-corrected chi connectivity index (χ0v) is 17.7. The van der Waals surface area contributed by atoms with Gasteiger partial charge < -0.3 is 4.74 Å². The normalized spacial score (nSPS) is 14.6. The molecule has 0 aliphatic carbocycles. The number of amides is 1. The maximum atomic E-state index is 13.2. The molecule has 0 atom stereocenters. The Kier molecular flexibility index (Phi) is 6.29. The highest BCUT2D eigenvalue weighted by atomic mass is 32.2. The summed E-state index contributed by atoms with van der Waals surface area (Å²) in [6.07, 6.45) is 1.74. The number of rotatable bonds is 6. The number of thioether (sulfide) groups is 1. The average Bonchev–Trinajstić information content (AvgIpc) is 3.14. The van der Waals surface area contributed by atoms with Crippen LogP contribution >= 0.6 is 11.8 Å². The molecule has 6 heteroatoms. The number of carbonyl (C=O) groups is 2. The van der Waals surface area contributed by atoms with E-state index in [1.807, 2.05) is 72.8 Å². The summed E-state index contributed by atoms with van der Waals surface area (Å²) < 4.78 is 5.18. The van der Waals surface area contributed by atoms with E-state index in [0.717, 1.165) is 11.3 Å². The molecule has 3 aromatic rings. The fourth-order valence-corrected chi connectivity index (χ4v) is 4.00. The van der Waals surface area contributed by atoms with Gasteiger partial charge in [0, 0.05) is 5.56 Å². The van der Waals surface area contributed by atoms with Crippen molar-refractivity contribution in [3.63, 3.8) is 0 Å². The van der Waals surface area contributed by atoms with Crippen LogP contribution in [0.5, 0.6) is 5.75 Å². The molecule has 0 saturated heterocycles. The lowest BCUT2D eigenvalue weighted by Gasteiger charge is -2.17. The Morgan fingerprint density at radius 3 is 2.26 bits per heavy atom. The SMILES string of the molecule is COc1ccc(/C=C2\N=C(SCC(=O)c3ccccc3)N(c3ccccc3)C2=O)cc1. The van der Waals surface area contributed by atoms with Gasteiger partial charge in [0.1, 0.15) is 11.4 Å². The highest BCUT2D eigenvalue weighted by Crippen LogP contribution is 2.29. The zero-order valence-electron chi connectivity index (χ0n) is 16.9. The number of para-hydroxylation sites is 1. The van der Waals surface area contributed by atoms with Crippen molar-refractivity contribution < 1.29 is 14.3 Å². The van der Waals surface area contributed by atoms with Crippen molar-refractivity contribution in [1.82, 2.24) is 0 Å². The Labute approximate surface area is 185 Å². The first kappa shape index (κ1) is 20.6. The second kappa shape index (κ2) is 9.45. The monoisotopic (exact) mass is 428 g/mol. The average molecular weight is 429 g/mol. The van der Waals surface area contributed by atoms with Gasteiger partial charge in [-0.05, 0) is 35.9 Å². The zero-order chi connectivity index (χ0) is 21.6. The van der Waals surface area contributed by atoms with Crippen LogP contribution in [0.3, 0.4) is 0 Å². The van der Waals surface area contributed by atoms with Gasteiger partial charge in [-0.3, -0.25) is 14.5 Å². The van der Waals surface area contributed by atoms with Crippen molar-refractivity contribution in [2.45, 2.75) is 0 Å². The third-order valence-corrected chi connectivity index (χ3v) is 5.63. The van der Waals surface area contributed by atoms with Crippen LogP contribution in [0.4, 0.5) is 5.69 Å². The van der Waals surface area contributed by atoms with Crippen LogP contribution in [-0.4, -0.2) is 29.7 Å². The van der Waals surface area contributed by atoms with Crippen LogP contribution in [0.25, 0.3) is 6.08 Å². The minimum Gasteiger partial charge on any atom is -0.497 e. The number of Topliss-reactive ketones (excluding diaryl/α,β-unsaturated/α-hetero) is 1. The Bertz CT molecular complexity index is 1140. The number of methoxy groups -OCH3 is 1. The fraction of sp³-hybridized carbons (Fsp3) is 0.0800. The van der Waals surface area contributed by atoms with E-state index in [2.05, 4.69) is 4.99 Å². The molecular weight excluding hydrogens is 408 g/mol. The molecule has 0 unspecified atom stereocenters. The predicted molar refractivity (Wildman–Crippen MR) is 126 cm³/mol. The van der Waals surface area contributed by atoms with Crippen LogP contribution in [0.15, 0.2) is 95.6 Å². The van der Waals surface area contributed by atoms with Gasteiger partial charge in [0.25, 0.3) is 5.91 Å². The molecule has 1 heterocycles. The van der Waals surface area contributed by atoms with E-state index in [9.17, 15) is 9.59 Å². The van der Waals surface area contributed by atoms with Gasteiger partial charge in [-0.25, -0.2) is 4.99 Å². The minimum atomic E-state index is -0.225. The van der Waals surface area contributed by atoms with E-state index in [-0.39, 0.29) is 17.4 Å². The second-order valence-corrected chi connectivity index (χ2v) is 7.69. The third-order valence-electron chi connectivity index (χ3n) is 4.69. The molecule has 0 fully saturated rings. The van der Waals surface area contributed by atoms with Gasteiger partial charge in [-0.1, -0.05) is 72.4 Å². The standard InChI is InChI=1S/C25H20N2O3S/c1-30-21-14-12-18(13-15-21)16-22-24(29)27(20-10-6-3-7-11-20)25(26-22)31-17-23(28)19-8-4-2-5-9-19/h2-16H,17H2,1H3/b22-16-. The molecule has 4 rings (SSSR count). The Morgan fingerprint density at radius 2 is 1.61 bits per heavy atom.